The first kappa shape index (κ1) is 27.7. The van der Waals surface area contributed by atoms with E-state index in [0.29, 0.717) is 17.9 Å². The molecule has 3 aromatic carbocycles. The van der Waals surface area contributed by atoms with Gasteiger partial charge >= 0.3 is 0 Å². The maximum atomic E-state index is 13.8. The molecule has 0 fully saturated rings. The van der Waals surface area contributed by atoms with Crippen molar-refractivity contribution in [3.05, 3.63) is 90.0 Å². The second kappa shape index (κ2) is 12.4. The van der Waals surface area contributed by atoms with Gasteiger partial charge in [-0.1, -0.05) is 55.0 Å². The van der Waals surface area contributed by atoms with Crippen LogP contribution in [0.4, 0.5) is 5.69 Å². The summed E-state index contributed by atoms with van der Waals surface area (Å²) >= 11 is 0. The maximum absolute atomic E-state index is 13.8. The predicted molar refractivity (Wildman–Crippen MR) is 144 cm³/mol. The molecular weight excluding hydrogens is 490 g/mol. The van der Waals surface area contributed by atoms with Gasteiger partial charge in [0.1, 0.15) is 18.3 Å². The lowest BCUT2D eigenvalue weighted by Gasteiger charge is -2.33. The minimum Gasteiger partial charge on any atom is -0.497 e. The summed E-state index contributed by atoms with van der Waals surface area (Å²) in [4.78, 5) is 28.0. The number of nitrogens with one attached hydrogen (secondary N) is 1. The number of ether oxygens (including phenoxy) is 1. The Balaban J connectivity index is 2.04. The highest BCUT2D eigenvalue weighted by molar-refractivity contribution is 7.92. The van der Waals surface area contributed by atoms with Crippen LogP contribution in [0.5, 0.6) is 5.75 Å². The van der Waals surface area contributed by atoms with Crippen LogP contribution in [0.2, 0.25) is 0 Å². The number of rotatable bonds is 11. The van der Waals surface area contributed by atoms with E-state index in [4.69, 9.17) is 4.74 Å². The van der Waals surface area contributed by atoms with Crippen LogP contribution in [-0.4, -0.2) is 51.9 Å². The Morgan fingerprint density at radius 2 is 1.57 bits per heavy atom. The third-order valence-corrected chi connectivity index (χ3v) is 7.86. The molecule has 2 amide bonds. The van der Waals surface area contributed by atoms with Gasteiger partial charge < -0.3 is 15.0 Å². The lowest BCUT2D eigenvalue weighted by Crippen LogP contribution is -2.51. The fourth-order valence-electron chi connectivity index (χ4n) is 3.98. The average Bonchev–Trinajstić information content (AvgIpc) is 2.92. The van der Waals surface area contributed by atoms with Crippen molar-refractivity contribution >= 4 is 27.5 Å². The molecule has 37 heavy (non-hydrogen) atoms. The van der Waals surface area contributed by atoms with Crippen molar-refractivity contribution in [1.82, 2.24) is 10.2 Å². The normalized spacial score (nSPS) is 11.9. The fraction of sp³-hybridized carbons (Fsp3) is 0.286. The lowest BCUT2D eigenvalue weighted by molar-refractivity contribution is -0.140. The third kappa shape index (κ3) is 6.68. The number of likely N-dealkylation sites (N-methyl/N-ethyl adjacent to an activating group) is 1. The van der Waals surface area contributed by atoms with E-state index in [1.54, 1.807) is 36.4 Å². The number of amides is 2. The fourth-order valence-corrected chi connectivity index (χ4v) is 5.40. The van der Waals surface area contributed by atoms with Crippen LogP contribution in [-0.2, 0) is 26.2 Å². The highest BCUT2D eigenvalue weighted by Crippen LogP contribution is 2.26. The van der Waals surface area contributed by atoms with Gasteiger partial charge in [-0.2, -0.15) is 0 Å². The summed E-state index contributed by atoms with van der Waals surface area (Å²) in [5.41, 5.74) is 2.13. The highest BCUT2D eigenvalue weighted by atomic mass is 32.2. The van der Waals surface area contributed by atoms with Crippen molar-refractivity contribution in [2.45, 2.75) is 37.8 Å². The Hall–Kier alpha value is -3.85. The molecule has 0 saturated carbocycles. The second-order valence-electron chi connectivity index (χ2n) is 8.57. The smallest absolute Gasteiger partial charge is 0.264 e. The molecule has 0 spiro atoms. The molecule has 3 aromatic rings. The van der Waals surface area contributed by atoms with E-state index in [9.17, 15) is 18.0 Å². The lowest BCUT2D eigenvalue weighted by atomic mass is 10.1. The van der Waals surface area contributed by atoms with E-state index < -0.39 is 28.5 Å². The molecule has 3 rings (SSSR count). The zero-order chi connectivity index (χ0) is 27.0. The molecule has 9 heteroatoms. The van der Waals surface area contributed by atoms with E-state index in [1.165, 1.54) is 31.2 Å². The van der Waals surface area contributed by atoms with Crippen molar-refractivity contribution in [1.29, 1.82) is 0 Å². The highest BCUT2D eigenvalue weighted by Gasteiger charge is 2.33. The molecule has 0 aromatic heterocycles. The van der Waals surface area contributed by atoms with Gasteiger partial charge in [0.15, 0.2) is 0 Å². The van der Waals surface area contributed by atoms with Gasteiger partial charge in [0.05, 0.1) is 17.7 Å². The van der Waals surface area contributed by atoms with Gasteiger partial charge in [0, 0.05) is 13.6 Å². The van der Waals surface area contributed by atoms with Gasteiger partial charge in [-0.3, -0.25) is 13.9 Å². The minimum atomic E-state index is -4.12. The summed E-state index contributed by atoms with van der Waals surface area (Å²) in [7, 11) is -1.11. The molecule has 1 atom stereocenters. The van der Waals surface area contributed by atoms with Crippen molar-refractivity contribution in [3.8, 4) is 5.75 Å². The van der Waals surface area contributed by atoms with E-state index in [-0.39, 0.29) is 17.3 Å². The molecule has 8 nitrogen and oxygen atoms in total. The summed E-state index contributed by atoms with van der Waals surface area (Å²) in [5.74, 6) is -0.286. The molecule has 196 valence electrons. The first-order valence-corrected chi connectivity index (χ1v) is 13.4. The summed E-state index contributed by atoms with van der Waals surface area (Å²) in [6, 6.07) is 21.5. The molecular formula is C28H33N3O5S. The van der Waals surface area contributed by atoms with Crippen LogP contribution in [0.3, 0.4) is 0 Å². The Morgan fingerprint density at radius 1 is 0.946 bits per heavy atom. The minimum absolute atomic E-state index is 0.0228. The van der Waals surface area contributed by atoms with Crippen LogP contribution in [0.1, 0.15) is 24.5 Å². The Morgan fingerprint density at radius 3 is 2.11 bits per heavy atom. The van der Waals surface area contributed by atoms with Gasteiger partial charge in [0.2, 0.25) is 11.8 Å². The number of nitrogens with zero attached hydrogens (tertiary/aromatic N) is 2. The number of sulfonamides is 1. The Labute approximate surface area is 218 Å². The van der Waals surface area contributed by atoms with Gasteiger partial charge in [-0.15, -0.1) is 0 Å². The van der Waals surface area contributed by atoms with Crippen molar-refractivity contribution < 1.29 is 22.7 Å². The molecule has 1 unspecified atom stereocenters. The van der Waals surface area contributed by atoms with Gasteiger partial charge in [-0.25, -0.2) is 8.42 Å². The molecule has 0 heterocycles. The number of hydrogen-bond acceptors (Lipinski definition) is 5. The first-order valence-electron chi connectivity index (χ1n) is 12.0. The number of carbonyl (C=O) groups is 2. The van der Waals surface area contributed by atoms with Crippen LogP contribution < -0.4 is 14.4 Å². The standard InChI is InChI=1S/C28H33N3O5S/c1-5-26(28(33)29-3)30(19-22-9-7-6-8-10-22)27(32)20-31(23-13-11-21(2)12-14-23)37(34,35)25-17-15-24(36-4)16-18-25/h6-18,26H,5,19-20H2,1-4H3,(H,29,33). The van der Waals surface area contributed by atoms with Crippen LogP contribution in [0, 0.1) is 6.92 Å². The zero-order valence-electron chi connectivity index (χ0n) is 21.5. The molecule has 0 aliphatic heterocycles. The number of aryl methyl sites for hydroxylation is 1. The van der Waals surface area contributed by atoms with Crippen LogP contribution in [0.15, 0.2) is 83.8 Å². The topological polar surface area (TPSA) is 96.0 Å². The molecule has 1 N–H and O–H groups in total. The van der Waals surface area contributed by atoms with Crippen LogP contribution >= 0.6 is 0 Å². The van der Waals surface area contributed by atoms with Gasteiger partial charge in [-0.05, 0) is 55.3 Å². The largest absolute Gasteiger partial charge is 0.497 e. The van der Waals surface area contributed by atoms with E-state index >= 15 is 0 Å². The van der Waals surface area contributed by atoms with E-state index in [2.05, 4.69) is 5.32 Å². The van der Waals surface area contributed by atoms with E-state index in [0.717, 1.165) is 15.4 Å². The number of anilines is 1. The van der Waals surface area contributed by atoms with Crippen molar-refractivity contribution in [3.63, 3.8) is 0 Å². The molecule has 0 saturated heterocycles. The number of methoxy groups -OCH3 is 1. The second-order valence-corrected chi connectivity index (χ2v) is 10.4. The molecule has 0 aliphatic carbocycles. The third-order valence-electron chi connectivity index (χ3n) is 6.08. The summed E-state index contributed by atoms with van der Waals surface area (Å²) < 4.78 is 33.8. The van der Waals surface area contributed by atoms with Crippen molar-refractivity contribution in [2.24, 2.45) is 0 Å². The number of benzene rings is 3. The number of carbonyl (C=O) groups excluding carboxylic acids is 2. The quantitative estimate of drug-likeness (QED) is 0.413. The predicted octanol–water partition coefficient (Wildman–Crippen LogP) is 3.75. The monoisotopic (exact) mass is 523 g/mol. The van der Waals surface area contributed by atoms with Crippen LogP contribution in [0.25, 0.3) is 0 Å². The summed E-state index contributed by atoms with van der Waals surface area (Å²) in [6.45, 7) is 3.40. The SMILES string of the molecule is CCC(C(=O)NC)N(Cc1ccccc1)C(=O)CN(c1ccc(C)cc1)S(=O)(=O)c1ccc(OC)cc1. The Kier molecular flexibility index (Phi) is 9.30. The first-order chi connectivity index (χ1) is 17.7. The van der Waals surface area contributed by atoms with E-state index in [1.807, 2.05) is 44.2 Å². The average molecular weight is 524 g/mol. The van der Waals surface area contributed by atoms with Gasteiger partial charge in [0.25, 0.3) is 10.0 Å². The summed E-state index contributed by atoms with van der Waals surface area (Å²) in [5, 5.41) is 2.62. The van der Waals surface area contributed by atoms with Crippen molar-refractivity contribution in [2.75, 3.05) is 25.0 Å². The molecule has 0 aliphatic rings. The Bertz CT molecular complexity index is 1290. The molecule has 0 bridgehead atoms. The number of hydrogen-bond donors (Lipinski definition) is 1. The zero-order valence-corrected chi connectivity index (χ0v) is 22.4. The summed E-state index contributed by atoms with van der Waals surface area (Å²) in [6.07, 6.45) is 0.369. The maximum Gasteiger partial charge on any atom is 0.264 e. The molecule has 0 radical (unpaired) electrons.